The number of ether oxygens (including phenoxy) is 1. The van der Waals surface area contributed by atoms with Crippen molar-refractivity contribution in [1.29, 1.82) is 0 Å². The number of carboxylic acids is 1. The average Bonchev–Trinajstić information content (AvgIpc) is 2.26. The first-order valence-corrected chi connectivity index (χ1v) is 6.12. The van der Waals surface area contributed by atoms with Gasteiger partial charge in [0.2, 0.25) is 5.91 Å². The molecule has 0 spiro atoms. The van der Waals surface area contributed by atoms with E-state index in [9.17, 15) is 9.59 Å². The summed E-state index contributed by atoms with van der Waals surface area (Å²) >= 11 is 0. The van der Waals surface area contributed by atoms with Gasteiger partial charge >= 0.3 is 5.97 Å². The first-order chi connectivity index (χ1) is 7.99. The SMILES string of the molecule is C[C@@H]1CCC[C@H](OCC(=O)N[C@H](C)C(=O)O)C1. The summed E-state index contributed by atoms with van der Waals surface area (Å²) in [7, 11) is 0. The van der Waals surface area contributed by atoms with Gasteiger partial charge in [-0.25, -0.2) is 0 Å². The first-order valence-electron chi connectivity index (χ1n) is 6.12. The van der Waals surface area contributed by atoms with E-state index < -0.39 is 12.0 Å². The fraction of sp³-hybridized carbons (Fsp3) is 0.833. The molecule has 0 aliphatic heterocycles. The van der Waals surface area contributed by atoms with Gasteiger partial charge in [-0.05, 0) is 25.7 Å². The lowest BCUT2D eigenvalue weighted by atomic mass is 9.89. The molecule has 1 amide bonds. The van der Waals surface area contributed by atoms with Gasteiger partial charge in [0.1, 0.15) is 12.6 Å². The number of nitrogens with one attached hydrogen (secondary N) is 1. The summed E-state index contributed by atoms with van der Waals surface area (Å²) in [6, 6.07) is -0.864. The molecule has 0 heterocycles. The van der Waals surface area contributed by atoms with E-state index in [0.29, 0.717) is 5.92 Å². The van der Waals surface area contributed by atoms with Gasteiger partial charge in [-0.1, -0.05) is 19.8 Å². The van der Waals surface area contributed by atoms with Crippen LogP contribution in [-0.4, -0.2) is 35.7 Å². The molecule has 2 N–H and O–H groups in total. The average molecular weight is 243 g/mol. The molecule has 0 aromatic heterocycles. The third kappa shape index (κ3) is 5.17. The summed E-state index contributed by atoms with van der Waals surface area (Å²) in [5, 5.41) is 11.0. The lowest BCUT2D eigenvalue weighted by Gasteiger charge is -2.26. The first kappa shape index (κ1) is 14.0. The molecule has 5 nitrogen and oxygen atoms in total. The Morgan fingerprint density at radius 3 is 2.76 bits per heavy atom. The highest BCUT2D eigenvalue weighted by molar-refractivity contribution is 5.83. The summed E-state index contributed by atoms with van der Waals surface area (Å²) in [6.07, 6.45) is 4.49. The maximum absolute atomic E-state index is 11.4. The minimum Gasteiger partial charge on any atom is -0.480 e. The fourth-order valence-electron chi connectivity index (χ4n) is 2.07. The molecule has 0 saturated heterocycles. The maximum Gasteiger partial charge on any atom is 0.325 e. The fourth-order valence-corrected chi connectivity index (χ4v) is 2.07. The van der Waals surface area contributed by atoms with Crippen LogP contribution in [0.2, 0.25) is 0 Å². The second-order valence-corrected chi connectivity index (χ2v) is 4.83. The number of carboxylic acid groups (broad SMARTS) is 1. The Morgan fingerprint density at radius 2 is 2.18 bits per heavy atom. The van der Waals surface area contributed by atoms with Crippen LogP contribution in [0.5, 0.6) is 0 Å². The van der Waals surface area contributed by atoms with Crippen LogP contribution in [-0.2, 0) is 14.3 Å². The predicted molar refractivity (Wildman–Crippen MR) is 62.6 cm³/mol. The van der Waals surface area contributed by atoms with Crippen molar-refractivity contribution in [2.75, 3.05) is 6.61 Å². The van der Waals surface area contributed by atoms with Gasteiger partial charge in [0, 0.05) is 0 Å². The Balaban J connectivity index is 2.21. The minimum atomic E-state index is -1.04. The van der Waals surface area contributed by atoms with Crippen LogP contribution in [0.25, 0.3) is 0 Å². The highest BCUT2D eigenvalue weighted by Crippen LogP contribution is 2.25. The number of carbonyl (C=O) groups is 2. The van der Waals surface area contributed by atoms with Crippen LogP contribution in [0, 0.1) is 5.92 Å². The van der Waals surface area contributed by atoms with E-state index in [4.69, 9.17) is 9.84 Å². The highest BCUT2D eigenvalue weighted by Gasteiger charge is 2.21. The standard InChI is InChI=1S/C12H21NO4/c1-8-4-3-5-10(6-8)17-7-11(14)13-9(2)12(15)16/h8-10H,3-7H2,1-2H3,(H,13,14)(H,15,16)/t8-,9-,10+/m1/s1. The zero-order valence-corrected chi connectivity index (χ0v) is 10.4. The predicted octanol–water partition coefficient (Wildman–Crippen LogP) is 1.17. The highest BCUT2D eigenvalue weighted by atomic mass is 16.5. The van der Waals surface area contributed by atoms with E-state index in [-0.39, 0.29) is 18.6 Å². The smallest absolute Gasteiger partial charge is 0.325 e. The van der Waals surface area contributed by atoms with Gasteiger partial charge in [-0.2, -0.15) is 0 Å². The summed E-state index contributed by atoms with van der Waals surface area (Å²) < 4.78 is 5.49. The molecule has 0 unspecified atom stereocenters. The number of hydrogen-bond donors (Lipinski definition) is 2. The van der Waals surface area contributed by atoms with E-state index in [1.54, 1.807) is 0 Å². The van der Waals surface area contributed by atoms with Crippen LogP contribution in [0.15, 0.2) is 0 Å². The Labute approximate surface area is 102 Å². The molecule has 0 aromatic carbocycles. The number of carbonyl (C=O) groups excluding carboxylic acids is 1. The third-order valence-corrected chi connectivity index (χ3v) is 3.09. The van der Waals surface area contributed by atoms with Gasteiger partial charge < -0.3 is 15.2 Å². The summed E-state index contributed by atoms with van der Waals surface area (Å²) in [5.74, 6) is -0.752. The molecule has 1 rings (SSSR count). The van der Waals surface area contributed by atoms with Crippen molar-refractivity contribution >= 4 is 11.9 Å². The van der Waals surface area contributed by atoms with Crippen molar-refractivity contribution in [3.05, 3.63) is 0 Å². The molecule has 3 atom stereocenters. The van der Waals surface area contributed by atoms with Crippen molar-refractivity contribution < 1.29 is 19.4 Å². The molecule has 1 saturated carbocycles. The van der Waals surface area contributed by atoms with Crippen molar-refractivity contribution in [3.63, 3.8) is 0 Å². The normalized spacial score (nSPS) is 26.2. The van der Waals surface area contributed by atoms with Crippen LogP contribution in [0.3, 0.4) is 0 Å². The van der Waals surface area contributed by atoms with E-state index in [2.05, 4.69) is 12.2 Å². The summed E-state index contributed by atoms with van der Waals surface area (Å²) in [4.78, 5) is 21.9. The molecular weight excluding hydrogens is 222 g/mol. The van der Waals surface area contributed by atoms with Crippen molar-refractivity contribution in [3.8, 4) is 0 Å². The molecule has 0 bridgehead atoms. The maximum atomic E-state index is 11.4. The van der Waals surface area contributed by atoms with E-state index in [0.717, 1.165) is 19.3 Å². The zero-order valence-electron chi connectivity index (χ0n) is 10.4. The van der Waals surface area contributed by atoms with Gasteiger partial charge in [0.05, 0.1) is 6.10 Å². The van der Waals surface area contributed by atoms with Crippen molar-refractivity contribution in [2.45, 2.75) is 51.7 Å². The molecule has 0 aromatic rings. The second kappa shape index (κ2) is 6.59. The molecular formula is C12H21NO4. The molecule has 1 aliphatic rings. The lowest BCUT2D eigenvalue weighted by molar-refractivity contribution is -0.142. The molecule has 17 heavy (non-hydrogen) atoms. The van der Waals surface area contributed by atoms with E-state index >= 15 is 0 Å². The minimum absolute atomic E-state index is 0.0466. The Kier molecular flexibility index (Phi) is 5.41. The lowest BCUT2D eigenvalue weighted by Crippen LogP contribution is -2.41. The number of amides is 1. The van der Waals surface area contributed by atoms with Crippen molar-refractivity contribution in [1.82, 2.24) is 5.32 Å². The van der Waals surface area contributed by atoms with Crippen LogP contribution in [0.1, 0.15) is 39.5 Å². The molecule has 5 heteroatoms. The Bertz CT molecular complexity index is 280. The number of rotatable bonds is 5. The van der Waals surface area contributed by atoms with Crippen LogP contribution < -0.4 is 5.32 Å². The molecule has 1 aliphatic carbocycles. The van der Waals surface area contributed by atoms with Gasteiger partial charge in [-0.3, -0.25) is 9.59 Å². The molecule has 98 valence electrons. The van der Waals surface area contributed by atoms with Gasteiger partial charge in [-0.15, -0.1) is 0 Å². The topological polar surface area (TPSA) is 75.6 Å². The third-order valence-electron chi connectivity index (χ3n) is 3.09. The molecule has 1 fully saturated rings. The number of hydrogen-bond acceptors (Lipinski definition) is 3. The Hall–Kier alpha value is -1.10. The van der Waals surface area contributed by atoms with E-state index in [1.165, 1.54) is 13.3 Å². The molecule has 0 radical (unpaired) electrons. The second-order valence-electron chi connectivity index (χ2n) is 4.83. The van der Waals surface area contributed by atoms with Crippen LogP contribution >= 0.6 is 0 Å². The zero-order chi connectivity index (χ0) is 12.8. The monoisotopic (exact) mass is 243 g/mol. The van der Waals surface area contributed by atoms with Crippen molar-refractivity contribution in [2.24, 2.45) is 5.92 Å². The van der Waals surface area contributed by atoms with Gasteiger partial charge in [0.15, 0.2) is 0 Å². The largest absolute Gasteiger partial charge is 0.480 e. The Morgan fingerprint density at radius 1 is 1.47 bits per heavy atom. The van der Waals surface area contributed by atoms with Gasteiger partial charge in [0.25, 0.3) is 0 Å². The number of aliphatic carboxylic acids is 1. The summed E-state index contributed by atoms with van der Waals surface area (Å²) in [5.41, 5.74) is 0. The van der Waals surface area contributed by atoms with Crippen LogP contribution in [0.4, 0.5) is 0 Å². The van der Waals surface area contributed by atoms with E-state index in [1.807, 2.05) is 0 Å². The summed E-state index contributed by atoms with van der Waals surface area (Å²) in [6.45, 7) is 3.57. The quantitative estimate of drug-likeness (QED) is 0.760.